The zero-order valence-corrected chi connectivity index (χ0v) is 14.4. The molecule has 2 aromatic rings. The first kappa shape index (κ1) is 16.7. The molecule has 0 atom stereocenters. The second-order valence-corrected chi connectivity index (χ2v) is 6.22. The zero-order chi connectivity index (χ0) is 16.9. The number of nitrogens with zero attached hydrogens (tertiary/aromatic N) is 3. The van der Waals surface area contributed by atoms with Gasteiger partial charge in [-0.1, -0.05) is 19.1 Å². The lowest BCUT2D eigenvalue weighted by molar-refractivity contribution is 0.270. The molecule has 5 heteroatoms. The van der Waals surface area contributed by atoms with Crippen LogP contribution in [0.3, 0.4) is 0 Å². The van der Waals surface area contributed by atoms with E-state index in [1.807, 2.05) is 37.3 Å². The largest absolute Gasteiger partial charge is 0.367 e. The van der Waals surface area contributed by atoms with Gasteiger partial charge < -0.3 is 15.1 Å². The van der Waals surface area contributed by atoms with Gasteiger partial charge in [-0.15, -0.1) is 0 Å². The van der Waals surface area contributed by atoms with Gasteiger partial charge in [-0.2, -0.15) is 0 Å². The van der Waals surface area contributed by atoms with Crippen LogP contribution in [0.1, 0.15) is 18.2 Å². The third-order valence-corrected chi connectivity index (χ3v) is 4.53. The number of likely N-dealkylation sites (N-methyl/N-ethyl adjacent to an activating group) is 1. The van der Waals surface area contributed by atoms with Crippen molar-refractivity contribution in [2.45, 2.75) is 20.4 Å². The maximum atomic E-state index is 14.5. The van der Waals surface area contributed by atoms with Crippen molar-refractivity contribution < 1.29 is 4.39 Å². The first-order valence-electron chi connectivity index (χ1n) is 8.59. The molecule has 128 valence electrons. The van der Waals surface area contributed by atoms with Gasteiger partial charge in [0, 0.05) is 38.4 Å². The van der Waals surface area contributed by atoms with Gasteiger partial charge in [0.2, 0.25) is 0 Å². The third-order valence-electron chi connectivity index (χ3n) is 4.53. The molecule has 3 rings (SSSR count). The van der Waals surface area contributed by atoms with Crippen LogP contribution in [0.4, 0.5) is 15.9 Å². The summed E-state index contributed by atoms with van der Waals surface area (Å²) in [5.41, 5.74) is 2.60. The van der Waals surface area contributed by atoms with Crippen LogP contribution in [0, 0.1) is 12.7 Å². The molecule has 24 heavy (non-hydrogen) atoms. The minimum atomic E-state index is -0.142. The number of hydrogen-bond acceptors (Lipinski definition) is 4. The van der Waals surface area contributed by atoms with E-state index in [0.717, 1.165) is 49.8 Å². The van der Waals surface area contributed by atoms with Crippen molar-refractivity contribution in [2.24, 2.45) is 0 Å². The molecule has 0 unspecified atom stereocenters. The number of nitrogens with one attached hydrogen (secondary N) is 1. The van der Waals surface area contributed by atoms with Crippen LogP contribution < -0.4 is 10.2 Å². The molecular formula is C19H25FN4. The zero-order valence-electron chi connectivity index (χ0n) is 14.4. The minimum absolute atomic E-state index is 0.142. The summed E-state index contributed by atoms with van der Waals surface area (Å²) in [6.45, 7) is 9.52. The summed E-state index contributed by atoms with van der Waals surface area (Å²) in [7, 11) is 0. The summed E-state index contributed by atoms with van der Waals surface area (Å²) in [5.74, 6) is 0.673. The van der Waals surface area contributed by atoms with Gasteiger partial charge in [0.15, 0.2) is 0 Å². The van der Waals surface area contributed by atoms with Crippen molar-refractivity contribution in [1.82, 2.24) is 9.88 Å². The number of rotatable bonds is 5. The predicted octanol–water partition coefficient (Wildman–Crippen LogP) is 3.28. The number of aromatic nitrogens is 1. The topological polar surface area (TPSA) is 31.4 Å². The summed E-state index contributed by atoms with van der Waals surface area (Å²) >= 11 is 0. The summed E-state index contributed by atoms with van der Waals surface area (Å²) in [6, 6.07) is 11.4. The Hall–Kier alpha value is -2.14. The smallest absolute Gasteiger partial charge is 0.146 e. The Kier molecular flexibility index (Phi) is 5.30. The van der Waals surface area contributed by atoms with Gasteiger partial charge >= 0.3 is 0 Å². The summed E-state index contributed by atoms with van der Waals surface area (Å²) in [4.78, 5) is 8.93. The molecule has 1 saturated heterocycles. The van der Waals surface area contributed by atoms with Crippen molar-refractivity contribution in [1.29, 1.82) is 0 Å². The first-order chi connectivity index (χ1) is 11.7. The Morgan fingerprint density at radius 2 is 1.92 bits per heavy atom. The number of hydrogen-bond donors (Lipinski definition) is 1. The molecular weight excluding hydrogens is 303 g/mol. The second-order valence-electron chi connectivity index (χ2n) is 6.22. The monoisotopic (exact) mass is 328 g/mol. The molecule has 0 amide bonds. The number of pyridine rings is 1. The summed E-state index contributed by atoms with van der Waals surface area (Å²) in [6.07, 6.45) is 0. The summed E-state index contributed by atoms with van der Waals surface area (Å²) in [5, 5.41) is 3.24. The van der Waals surface area contributed by atoms with E-state index < -0.39 is 0 Å². The molecule has 0 bridgehead atoms. The van der Waals surface area contributed by atoms with Crippen LogP contribution in [0.15, 0.2) is 36.4 Å². The molecule has 1 aromatic heterocycles. The van der Waals surface area contributed by atoms with E-state index in [2.05, 4.69) is 27.0 Å². The lowest BCUT2D eigenvalue weighted by Crippen LogP contribution is -2.46. The van der Waals surface area contributed by atoms with Gasteiger partial charge in [0.1, 0.15) is 11.6 Å². The maximum Gasteiger partial charge on any atom is 0.146 e. The normalized spacial score (nSPS) is 15.5. The highest BCUT2D eigenvalue weighted by Crippen LogP contribution is 2.22. The lowest BCUT2D eigenvalue weighted by Gasteiger charge is -2.35. The molecule has 2 heterocycles. The van der Waals surface area contributed by atoms with Crippen molar-refractivity contribution in [3.63, 3.8) is 0 Å². The molecule has 4 nitrogen and oxygen atoms in total. The number of halogens is 1. The molecule has 0 spiro atoms. The number of piperazine rings is 1. The highest BCUT2D eigenvalue weighted by molar-refractivity contribution is 5.50. The van der Waals surface area contributed by atoms with Crippen LogP contribution in [-0.4, -0.2) is 42.6 Å². The second kappa shape index (κ2) is 7.62. The minimum Gasteiger partial charge on any atom is -0.367 e. The fourth-order valence-electron chi connectivity index (χ4n) is 3.06. The maximum absolute atomic E-state index is 14.5. The van der Waals surface area contributed by atoms with Crippen molar-refractivity contribution in [2.75, 3.05) is 42.9 Å². The van der Waals surface area contributed by atoms with Gasteiger partial charge in [-0.25, -0.2) is 9.37 Å². The van der Waals surface area contributed by atoms with Crippen LogP contribution >= 0.6 is 0 Å². The number of aryl methyl sites for hydroxylation is 1. The lowest BCUT2D eigenvalue weighted by atomic mass is 10.1. The molecule has 1 fully saturated rings. The van der Waals surface area contributed by atoms with Gasteiger partial charge in [0.25, 0.3) is 0 Å². The molecule has 0 radical (unpaired) electrons. The van der Waals surface area contributed by atoms with E-state index in [0.29, 0.717) is 12.2 Å². The molecule has 0 saturated carbocycles. The van der Waals surface area contributed by atoms with E-state index in [4.69, 9.17) is 0 Å². The number of anilines is 2. The highest BCUT2D eigenvalue weighted by atomic mass is 19.1. The predicted molar refractivity (Wildman–Crippen MR) is 97.0 cm³/mol. The van der Waals surface area contributed by atoms with Gasteiger partial charge in [-0.3, -0.25) is 0 Å². The first-order valence-corrected chi connectivity index (χ1v) is 8.59. The summed E-state index contributed by atoms with van der Waals surface area (Å²) < 4.78 is 14.5. The Labute approximate surface area is 143 Å². The van der Waals surface area contributed by atoms with Crippen LogP contribution in [0.2, 0.25) is 0 Å². The molecule has 1 aromatic carbocycles. The standard InChI is InChI=1S/C19H25FN4/c1-3-23-9-11-24(12-10-23)18-8-7-16(13-17(18)20)14-21-19-6-4-5-15(2)22-19/h4-8,13H,3,9-12,14H2,1-2H3,(H,21,22). The third kappa shape index (κ3) is 4.03. The van der Waals surface area contributed by atoms with Crippen LogP contribution in [0.25, 0.3) is 0 Å². The van der Waals surface area contributed by atoms with E-state index in [1.165, 1.54) is 0 Å². The average Bonchev–Trinajstić information content (AvgIpc) is 2.60. The average molecular weight is 328 g/mol. The van der Waals surface area contributed by atoms with Gasteiger partial charge in [0.05, 0.1) is 5.69 Å². The SMILES string of the molecule is CCN1CCN(c2ccc(CNc3cccc(C)n3)cc2F)CC1. The fraction of sp³-hybridized carbons (Fsp3) is 0.421. The Balaban J connectivity index is 1.62. The van der Waals surface area contributed by atoms with Crippen molar-refractivity contribution in [3.05, 3.63) is 53.5 Å². The number of benzene rings is 1. The van der Waals surface area contributed by atoms with Gasteiger partial charge in [-0.05, 0) is 43.3 Å². The molecule has 1 N–H and O–H groups in total. The molecule has 1 aliphatic rings. The highest BCUT2D eigenvalue weighted by Gasteiger charge is 2.18. The van der Waals surface area contributed by atoms with Crippen LogP contribution in [-0.2, 0) is 6.54 Å². The Bertz CT molecular complexity index is 681. The van der Waals surface area contributed by atoms with Crippen molar-refractivity contribution >= 4 is 11.5 Å². The fourth-order valence-corrected chi connectivity index (χ4v) is 3.06. The van der Waals surface area contributed by atoms with Crippen LogP contribution in [0.5, 0.6) is 0 Å². The molecule has 0 aliphatic carbocycles. The Morgan fingerprint density at radius 3 is 2.58 bits per heavy atom. The van der Waals surface area contributed by atoms with E-state index in [-0.39, 0.29) is 5.82 Å². The molecule has 1 aliphatic heterocycles. The van der Waals surface area contributed by atoms with E-state index in [9.17, 15) is 4.39 Å². The quantitative estimate of drug-likeness (QED) is 0.913. The van der Waals surface area contributed by atoms with Crippen molar-refractivity contribution in [3.8, 4) is 0 Å². The van der Waals surface area contributed by atoms with E-state index in [1.54, 1.807) is 6.07 Å². The Morgan fingerprint density at radius 1 is 1.12 bits per heavy atom. The van der Waals surface area contributed by atoms with E-state index >= 15 is 0 Å².